The summed E-state index contributed by atoms with van der Waals surface area (Å²) in [6.07, 6.45) is 3.03. The normalized spacial score (nSPS) is 15.1. The Morgan fingerprint density at radius 2 is 1.92 bits per heavy atom. The van der Waals surface area contributed by atoms with E-state index in [1.165, 1.54) is 0 Å². The van der Waals surface area contributed by atoms with Crippen LogP contribution in [0.4, 0.5) is 11.5 Å². The van der Waals surface area contributed by atoms with Crippen molar-refractivity contribution in [3.05, 3.63) is 60.1 Å². The van der Waals surface area contributed by atoms with E-state index in [0.29, 0.717) is 24.3 Å². The van der Waals surface area contributed by atoms with Gasteiger partial charge in [-0.05, 0) is 54.7 Å². The average Bonchev–Trinajstić information content (AvgIpc) is 2.92. The van der Waals surface area contributed by atoms with Crippen molar-refractivity contribution in [2.75, 3.05) is 10.6 Å². The summed E-state index contributed by atoms with van der Waals surface area (Å²) in [5.41, 5.74) is 3.89. The van der Waals surface area contributed by atoms with Gasteiger partial charge in [0.15, 0.2) is 0 Å². The monoisotopic (exact) mass is 393 g/mol. The molecule has 1 aromatic carbocycles. The predicted octanol–water partition coefficient (Wildman–Crippen LogP) is -0.480. The second-order valence-corrected chi connectivity index (χ2v) is 5.79. The molecule has 1 aliphatic rings. The summed E-state index contributed by atoms with van der Waals surface area (Å²) in [5, 5.41) is 5.57. The molecule has 118 valence electrons. The van der Waals surface area contributed by atoms with E-state index >= 15 is 0 Å². The number of aryl methyl sites for hydroxylation is 1. The standard InChI is InChI=1S/C18H18N3O2.Rb/c1-11-4-3-7-19-17(11)21-18(23)15-8-13-5-6-16(20-12(2)22)10-14(13)9-15;/h3-7,10,15H,2,8-9H2,1H3,(H,20,22)(H,19,21,23);/q-1;+1. The zero-order chi connectivity index (χ0) is 16.4. The Hall–Kier alpha value is -1.01. The van der Waals surface area contributed by atoms with Crippen LogP contribution in [0.3, 0.4) is 0 Å². The number of anilines is 2. The van der Waals surface area contributed by atoms with E-state index in [1.54, 1.807) is 6.20 Å². The maximum atomic E-state index is 12.5. The fraction of sp³-hybridized carbons (Fsp3) is 0.222. The number of hydrogen-bond donors (Lipinski definition) is 2. The molecule has 1 aromatic heterocycles. The van der Waals surface area contributed by atoms with Gasteiger partial charge in [-0.15, -0.1) is 0 Å². The van der Waals surface area contributed by atoms with Crippen molar-refractivity contribution in [2.45, 2.75) is 19.8 Å². The Labute approximate surface area is 190 Å². The van der Waals surface area contributed by atoms with E-state index in [4.69, 9.17) is 0 Å². The topological polar surface area (TPSA) is 71.1 Å². The number of amides is 2. The van der Waals surface area contributed by atoms with Crippen molar-refractivity contribution in [1.29, 1.82) is 0 Å². The van der Waals surface area contributed by atoms with Gasteiger partial charge in [0.05, 0.1) is 5.91 Å². The van der Waals surface area contributed by atoms with E-state index in [-0.39, 0.29) is 75.9 Å². The molecule has 1 atom stereocenters. The van der Waals surface area contributed by atoms with Crippen LogP contribution in [0.25, 0.3) is 0 Å². The molecule has 0 saturated carbocycles. The molecule has 0 bridgehead atoms. The van der Waals surface area contributed by atoms with E-state index in [2.05, 4.69) is 22.5 Å². The largest absolute Gasteiger partial charge is 1.00 e. The van der Waals surface area contributed by atoms with Gasteiger partial charge in [0.2, 0.25) is 5.91 Å². The Morgan fingerprint density at radius 1 is 1.17 bits per heavy atom. The molecule has 2 aromatic rings. The Bertz CT molecular complexity index is 777. The zero-order valence-corrected chi connectivity index (χ0v) is 18.8. The molecule has 0 fully saturated rings. The van der Waals surface area contributed by atoms with Crippen molar-refractivity contribution in [3.63, 3.8) is 0 Å². The molecule has 5 nitrogen and oxygen atoms in total. The maximum Gasteiger partial charge on any atom is 1.00 e. The van der Waals surface area contributed by atoms with Gasteiger partial charge in [-0.1, -0.05) is 12.1 Å². The third-order valence-electron chi connectivity index (χ3n) is 4.04. The van der Waals surface area contributed by atoms with Gasteiger partial charge < -0.3 is 22.4 Å². The molecule has 6 heteroatoms. The smallest absolute Gasteiger partial charge is 0.351 e. The summed E-state index contributed by atoms with van der Waals surface area (Å²) in [5.74, 6) is 0.129. The number of rotatable bonds is 3. The number of benzene rings is 1. The fourth-order valence-corrected chi connectivity index (χ4v) is 2.88. The maximum absolute atomic E-state index is 12.5. The van der Waals surface area contributed by atoms with E-state index in [9.17, 15) is 9.59 Å². The first kappa shape index (κ1) is 19.3. The average molecular weight is 394 g/mol. The Kier molecular flexibility index (Phi) is 6.75. The van der Waals surface area contributed by atoms with Crippen LogP contribution in [0.1, 0.15) is 16.7 Å². The third-order valence-corrected chi connectivity index (χ3v) is 4.04. The molecular weight excluding hydrogens is 376 g/mol. The van der Waals surface area contributed by atoms with Crippen molar-refractivity contribution in [1.82, 2.24) is 4.98 Å². The van der Waals surface area contributed by atoms with Crippen LogP contribution in [-0.2, 0) is 22.4 Å². The zero-order valence-electron chi connectivity index (χ0n) is 13.9. The number of nitrogens with zero attached hydrogens (tertiary/aromatic N) is 1. The number of carbonyl (C=O) groups is 2. The number of fused-ring (bicyclic) bond motifs is 1. The van der Waals surface area contributed by atoms with Crippen molar-refractivity contribution in [2.24, 2.45) is 5.92 Å². The van der Waals surface area contributed by atoms with Crippen molar-refractivity contribution >= 4 is 23.3 Å². The van der Waals surface area contributed by atoms with E-state index in [0.717, 1.165) is 16.7 Å². The van der Waals surface area contributed by atoms with Gasteiger partial charge in [0.25, 0.3) is 0 Å². The summed E-state index contributed by atoms with van der Waals surface area (Å²) >= 11 is 0. The van der Waals surface area contributed by atoms with Crippen LogP contribution < -0.4 is 68.8 Å². The summed E-state index contributed by atoms with van der Waals surface area (Å²) < 4.78 is 0. The molecule has 0 aliphatic heterocycles. The van der Waals surface area contributed by atoms with Crippen LogP contribution in [0, 0.1) is 19.8 Å². The molecule has 0 radical (unpaired) electrons. The van der Waals surface area contributed by atoms with Crippen LogP contribution in [-0.4, -0.2) is 16.8 Å². The molecule has 2 N–H and O–H groups in total. The summed E-state index contributed by atoms with van der Waals surface area (Å²) in [6.45, 7) is 5.22. The van der Waals surface area contributed by atoms with Crippen molar-refractivity contribution in [3.8, 4) is 0 Å². The van der Waals surface area contributed by atoms with Gasteiger partial charge in [-0.3, -0.25) is 4.79 Å². The summed E-state index contributed by atoms with van der Waals surface area (Å²) in [7, 11) is 0. The molecule has 0 spiro atoms. The molecule has 2 amide bonds. The predicted molar refractivity (Wildman–Crippen MR) is 88.9 cm³/mol. The molecule has 1 unspecified atom stereocenters. The van der Waals surface area contributed by atoms with Crippen molar-refractivity contribution < 1.29 is 67.8 Å². The van der Waals surface area contributed by atoms with Crippen LogP contribution >= 0.6 is 0 Å². The van der Waals surface area contributed by atoms with Gasteiger partial charge in [-0.25, -0.2) is 4.98 Å². The first-order valence-electron chi connectivity index (χ1n) is 7.50. The molecule has 1 heterocycles. The second kappa shape index (κ2) is 8.38. The second-order valence-electron chi connectivity index (χ2n) is 5.79. The minimum atomic E-state index is -0.345. The molecule has 1 aliphatic carbocycles. The fourth-order valence-electron chi connectivity index (χ4n) is 2.88. The number of nitrogens with one attached hydrogen (secondary N) is 2. The van der Waals surface area contributed by atoms with Gasteiger partial charge in [0.1, 0.15) is 5.82 Å². The number of aromatic nitrogens is 1. The first-order chi connectivity index (χ1) is 11.0. The summed E-state index contributed by atoms with van der Waals surface area (Å²) in [4.78, 5) is 27.7. The summed E-state index contributed by atoms with van der Waals surface area (Å²) in [6, 6.07) is 9.47. The molecule has 0 saturated heterocycles. The van der Waals surface area contributed by atoms with E-state index < -0.39 is 0 Å². The molecule has 24 heavy (non-hydrogen) atoms. The van der Waals surface area contributed by atoms with Crippen LogP contribution in [0.5, 0.6) is 0 Å². The number of carbonyl (C=O) groups excluding carboxylic acids is 2. The Morgan fingerprint density at radius 3 is 2.62 bits per heavy atom. The third kappa shape index (κ3) is 4.54. The first-order valence-corrected chi connectivity index (χ1v) is 7.50. The van der Waals surface area contributed by atoms with Gasteiger partial charge in [0, 0.05) is 17.8 Å². The van der Waals surface area contributed by atoms with Crippen LogP contribution in [0.15, 0.2) is 36.5 Å². The number of hydrogen-bond acceptors (Lipinski definition) is 3. The molecule has 3 rings (SSSR count). The minimum Gasteiger partial charge on any atom is -0.351 e. The quantitative estimate of drug-likeness (QED) is 0.692. The van der Waals surface area contributed by atoms with Gasteiger partial charge in [-0.2, -0.15) is 0 Å². The van der Waals surface area contributed by atoms with E-state index in [1.807, 2.05) is 37.3 Å². The van der Waals surface area contributed by atoms with Gasteiger partial charge >= 0.3 is 58.2 Å². The minimum absolute atomic E-state index is 0. The SMILES string of the molecule is [CH2-]C(=O)Nc1ccc2c(c1)CC(C(=O)Nc1ncccc1C)C2.[Rb+]. The number of pyridine rings is 1. The Balaban J connectivity index is 0.00000208. The van der Waals surface area contributed by atoms with Crippen LogP contribution in [0.2, 0.25) is 0 Å². The molecular formula is C18H18N3O2Rb.